The zero-order valence-corrected chi connectivity index (χ0v) is 19.2. The number of carboxylic acid groups (broad SMARTS) is 1. The Kier molecular flexibility index (Phi) is 5.68. The van der Waals surface area contributed by atoms with Crippen molar-refractivity contribution in [2.75, 3.05) is 11.9 Å². The maximum Gasteiger partial charge on any atom is 0.335 e. The third-order valence-electron chi connectivity index (χ3n) is 6.43. The zero-order valence-electron chi connectivity index (χ0n) is 19.2. The molecule has 5 heteroatoms. The standard InChI is InChI=1S/C27H30N2O3/c1-6-29-23-13-25-21(10-16(23)5)26(20-9-15(4)22(28)12-24(20)32-25)18-8-7-17(14(2)3)11-19(18)27(30)31/h7-14,20,26,28-29H,6H2,1-5H3,(H,30,31). The van der Waals surface area contributed by atoms with Crippen molar-refractivity contribution in [1.82, 2.24) is 0 Å². The van der Waals surface area contributed by atoms with Crippen LogP contribution in [-0.4, -0.2) is 23.3 Å². The molecule has 3 N–H and O–H groups in total. The Hall–Kier alpha value is -3.34. The predicted octanol–water partition coefficient (Wildman–Crippen LogP) is 6.25. The fourth-order valence-corrected chi connectivity index (χ4v) is 4.65. The molecule has 2 aromatic carbocycles. The quantitative estimate of drug-likeness (QED) is 0.523. The van der Waals surface area contributed by atoms with E-state index in [2.05, 4.69) is 32.2 Å². The van der Waals surface area contributed by atoms with Gasteiger partial charge in [-0.05, 0) is 61.1 Å². The van der Waals surface area contributed by atoms with Gasteiger partial charge in [0.15, 0.2) is 0 Å². The van der Waals surface area contributed by atoms with Gasteiger partial charge >= 0.3 is 5.97 Å². The number of fused-ring (bicyclic) bond motifs is 2. The summed E-state index contributed by atoms with van der Waals surface area (Å²) < 4.78 is 6.30. The van der Waals surface area contributed by atoms with E-state index in [-0.39, 0.29) is 17.8 Å². The van der Waals surface area contributed by atoms with E-state index in [4.69, 9.17) is 10.1 Å². The van der Waals surface area contributed by atoms with Crippen LogP contribution in [0.2, 0.25) is 0 Å². The lowest BCUT2D eigenvalue weighted by molar-refractivity contribution is 0.0694. The summed E-state index contributed by atoms with van der Waals surface area (Å²) in [5.41, 5.74) is 6.46. The van der Waals surface area contributed by atoms with Gasteiger partial charge in [-0.15, -0.1) is 0 Å². The summed E-state index contributed by atoms with van der Waals surface area (Å²) in [7, 11) is 0. The summed E-state index contributed by atoms with van der Waals surface area (Å²) in [4.78, 5) is 12.3. The molecule has 1 aliphatic heterocycles. The number of hydrogen-bond donors (Lipinski definition) is 3. The molecule has 0 radical (unpaired) electrons. The number of anilines is 1. The highest BCUT2D eigenvalue weighted by Crippen LogP contribution is 2.50. The minimum Gasteiger partial charge on any atom is -0.478 e. The third kappa shape index (κ3) is 3.72. The van der Waals surface area contributed by atoms with E-state index in [9.17, 15) is 9.90 Å². The molecule has 1 heterocycles. The molecule has 5 nitrogen and oxygen atoms in total. The molecule has 0 saturated carbocycles. The summed E-state index contributed by atoms with van der Waals surface area (Å²) in [6.45, 7) is 10.9. The van der Waals surface area contributed by atoms with Gasteiger partial charge < -0.3 is 20.6 Å². The largest absolute Gasteiger partial charge is 0.478 e. The molecule has 0 fully saturated rings. The first-order valence-corrected chi connectivity index (χ1v) is 11.1. The first kappa shape index (κ1) is 21.9. The van der Waals surface area contributed by atoms with Crippen molar-refractivity contribution in [1.29, 1.82) is 5.41 Å². The third-order valence-corrected chi connectivity index (χ3v) is 6.43. The van der Waals surface area contributed by atoms with Crippen LogP contribution in [0.5, 0.6) is 5.75 Å². The molecule has 1 aliphatic carbocycles. The lowest BCUT2D eigenvalue weighted by Gasteiger charge is -2.37. The number of carbonyl (C=O) groups is 1. The van der Waals surface area contributed by atoms with Gasteiger partial charge in [-0.25, -0.2) is 4.79 Å². The summed E-state index contributed by atoms with van der Waals surface area (Å²) >= 11 is 0. The second kappa shape index (κ2) is 8.30. The van der Waals surface area contributed by atoms with E-state index in [0.29, 0.717) is 22.8 Å². The normalized spacial score (nSPS) is 19.5. The monoisotopic (exact) mass is 430 g/mol. The Morgan fingerprint density at radius 3 is 2.59 bits per heavy atom. The minimum absolute atomic E-state index is 0.163. The van der Waals surface area contributed by atoms with Crippen LogP contribution < -0.4 is 10.1 Å². The molecule has 2 atom stereocenters. The van der Waals surface area contributed by atoms with Crippen LogP contribution in [0, 0.1) is 18.3 Å². The first-order valence-electron chi connectivity index (χ1n) is 11.1. The molecule has 2 aliphatic rings. The van der Waals surface area contributed by atoms with Crippen LogP contribution in [0.3, 0.4) is 0 Å². The Morgan fingerprint density at radius 2 is 1.94 bits per heavy atom. The molecule has 2 aromatic rings. The highest BCUT2D eigenvalue weighted by molar-refractivity contribution is 6.07. The SMILES string of the molecule is CCNc1cc2c(cc1C)C(c1ccc(C(C)C)cc1C(=O)O)C1C=C(C)C(=N)C=C1O2. The molecule has 0 amide bonds. The zero-order chi connectivity index (χ0) is 23.2. The van der Waals surface area contributed by atoms with Crippen molar-refractivity contribution in [3.63, 3.8) is 0 Å². The molecule has 2 unspecified atom stereocenters. The lowest BCUT2D eigenvalue weighted by atomic mass is 9.73. The highest BCUT2D eigenvalue weighted by atomic mass is 16.5. The van der Waals surface area contributed by atoms with Crippen molar-refractivity contribution in [2.45, 2.75) is 46.5 Å². The Morgan fingerprint density at radius 1 is 1.19 bits per heavy atom. The van der Waals surface area contributed by atoms with E-state index in [0.717, 1.165) is 40.1 Å². The van der Waals surface area contributed by atoms with Crippen molar-refractivity contribution < 1.29 is 14.6 Å². The number of carboxylic acids is 1. The number of allylic oxidation sites excluding steroid dienone is 3. The number of nitrogens with one attached hydrogen (secondary N) is 2. The van der Waals surface area contributed by atoms with Gasteiger partial charge in [0.1, 0.15) is 11.5 Å². The Bertz CT molecular complexity index is 1170. The molecular formula is C27H30N2O3. The van der Waals surface area contributed by atoms with Crippen LogP contribution in [-0.2, 0) is 0 Å². The van der Waals surface area contributed by atoms with Gasteiger partial charge in [-0.2, -0.15) is 0 Å². The Labute approximate surface area is 189 Å². The van der Waals surface area contributed by atoms with Crippen molar-refractivity contribution in [3.05, 3.63) is 81.6 Å². The van der Waals surface area contributed by atoms with Crippen LogP contribution in [0.25, 0.3) is 0 Å². The Balaban J connectivity index is 1.98. The maximum absolute atomic E-state index is 12.3. The lowest BCUT2D eigenvalue weighted by Crippen LogP contribution is -2.29. The number of hydrogen-bond acceptors (Lipinski definition) is 4. The van der Waals surface area contributed by atoms with E-state index in [1.165, 1.54) is 0 Å². The number of benzene rings is 2. The van der Waals surface area contributed by atoms with E-state index in [1.54, 1.807) is 6.08 Å². The summed E-state index contributed by atoms with van der Waals surface area (Å²) in [5, 5.41) is 21.7. The fraction of sp³-hybridized carbons (Fsp3) is 0.333. The van der Waals surface area contributed by atoms with Gasteiger partial charge in [0, 0.05) is 41.8 Å². The average molecular weight is 431 g/mol. The van der Waals surface area contributed by atoms with E-state index in [1.807, 2.05) is 44.2 Å². The van der Waals surface area contributed by atoms with Gasteiger partial charge in [0.25, 0.3) is 0 Å². The van der Waals surface area contributed by atoms with Gasteiger partial charge in [0.05, 0.1) is 11.3 Å². The predicted molar refractivity (Wildman–Crippen MR) is 128 cm³/mol. The highest BCUT2D eigenvalue weighted by Gasteiger charge is 2.39. The topological polar surface area (TPSA) is 82.4 Å². The second-order valence-electron chi connectivity index (χ2n) is 8.96. The summed E-state index contributed by atoms with van der Waals surface area (Å²) in [6, 6.07) is 9.91. The summed E-state index contributed by atoms with van der Waals surface area (Å²) in [5.74, 6) is 0.338. The van der Waals surface area contributed by atoms with E-state index >= 15 is 0 Å². The molecular weight excluding hydrogens is 400 g/mol. The molecule has 0 aromatic heterocycles. The molecule has 0 bridgehead atoms. The second-order valence-corrected chi connectivity index (χ2v) is 8.96. The number of aryl methyl sites for hydroxylation is 1. The summed E-state index contributed by atoms with van der Waals surface area (Å²) in [6.07, 6.45) is 3.81. The molecule has 32 heavy (non-hydrogen) atoms. The van der Waals surface area contributed by atoms with Gasteiger partial charge in [-0.1, -0.05) is 32.1 Å². The van der Waals surface area contributed by atoms with Gasteiger partial charge in [-0.3, -0.25) is 0 Å². The average Bonchev–Trinajstić information content (AvgIpc) is 2.74. The van der Waals surface area contributed by atoms with Crippen molar-refractivity contribution in [3.8, 4) is 5.75 Å². The van der Waals surface area contributed by atoms with Crippen molar-refractivity contribution >= 4 is 17.4 Å². The van der Waals surface area contributed by atoms with E-state index < -0.39 is 5.97 Å². The molecule has 0 spiro atoms. The minimum atomic E-state index is -0.925. The molecule has 166 valence electrons. The smallest absolute Gasteiger partial charge is 0.335 e. The maximum atomic E-state index is 12.3. The van der Waals surface area contributed by atoms with Gasteiger partial charge in [0.2, 0.25) is 0 Å². The fourth-order valence-electron chi connectivity index (χ4n) is 4.65. The number of rotatable bonds is 5. The molecule has 0 saturated heterocycles. The van der Waals surface area contributed by atoms with Crippen LogP contribution >= 0.6 is 0 Å². The molecule has 4 rings (SSSR count). The first-order chi connectivity index (χ1) is 15.2. The number of ether oxygens (including phenoxy) is 1. The van der Waals surface area contributed by atoms with Crippen molar-refractivity contribution in [2.24, 2.45) is 5.92 Å². The van der Waals surface area contributed by atoms with Crippen LogP contribution in [0.4, 0.5) is 5.69 Å². The van der Waals surface area contributed by atoms with Crippen LogP contribution in [0.15, 0.2) is 53.8 Å². The number of aromatic carboxylic acids is 1. The van der Waals surface area contributed by atoms with Crippen LogP contribution in [0.1, 0.15) is 72.1 Å².